The van der Waals surface area contributed by atoms with Gasteiger partial charge in [-0.3, -0.25) is 0 Å². The number of benzene rings is 1. The van der Waals surface area contributed by atoms with E-state index in [1.54, 1.807) is 7.11 Å². The highest BCUT2D eigenvalue weighted by Gasteiger charge is 2.17. The van der Waals surface area contributed by atoms with E-state index >= 15 is 0 Å². The van der Waals surface area contributed by atoms with Crippen molar-refractivity contribution in [2.24, 2.45) is 0 Å². The zero-order valence-corrected chi connectivity index (χ0v) is 15.6. The molecule has 0 saturated heterocycles. The Balaban J connectivity index is 2.39. The molecule has 142 valence electrons. The van der Waals surface area contributed by atoms with E-state index < -0.39 is 0 Å². The number of hydrogen-bond donors (Lipinski definition) is 4. The van der Waals surface area contributed by atoms with Crippen molar-refractivity contribution in [2.75, 3.05) is 24.8 Å². The van der Waals surface area contributed by atoms with Crippen molar-refractivity contribution >= 4 is 11.8 Å². The highest BCUT2D eigenvalue weighted by molar-refractivity contribution is 5.53. The molecule has 0 aliphatic carbocycles. The predicted molar refractivity (Wildman–Crippen MR) is 102 cm³/mol. The van der Waals surface area contributed by atoms with Crippen molar-refractivity contribution in [1.82, 2.24) is 9.97 Å². The summed E-state index contributed by atoms with van der Waals surface area (Å²) in [5.41, 5.74) is 9.26. The predicted octanol–water partition coefficient (Wildman–Crippen LogP) is 2.03. The van der Waals surface area contributed by atoms with E-state index in [4.69, 9.17) is 10.5 Å². The summed E-state index contributed by atoms with van der Waals surface area (Å²) >= 11 is 0. The summed E-state index contributed by atoms with van der Waals surface area (Å²) in [7, 11) is 1.61. The first-order valence-electron chi connectivity index (χ1n) is 8.79. The number of methoxy groups -OCH3 is 1. The molecular formula is C19H28N4O3. The molecule has 0 aliphatic rings. The van der Waals surface area contributed by atoms with Gasteiger partial charge in [0.25, 0.3) is 0 Å². The molecule has 1 aromatic heterocycles. The van der Waals surface area contributed by atoms with E-state index in [1.807, 2.05) is 25.1 Å². The largest absolute Gasteiger partial charge is 0.496 e. The minimum atomic E-state index is -0.0916. The average molecular weight is 360 g/mol. The number of nitrogens with two attached hydrogens (primary N) is 1. The molecule has 2 rings (SSSR count). The smallest absolute Gasteiger partial charge is 0.222 e. The monoisotopic (exact) mass is 360 g/mol. The second kappa shape index (κ2) is 9.35. The standard InChI is InChI=1S/C19H28N4O3/c1-4-5-15(11-25)22-18-16(12(2)21-19(20)23-18)9-14-7-6-13(10-24)8-17(14)26-3/h6-8,15,24-25H,4-5,9-11H2,1-3H3,(H3,20,21,22,23)/t15-/m0/s1. The second-order valence-electron chi connectivity index (χ2n) is 6.29. The molecule has 0 fully saturated rings. The van der Waals surface area contributed by atoms with Crippen LogP contribution in [-0.2, 0) is 13.0 Å². The molecule has 0 spiro atoms. The number of aromatic nitrogens is 2. The van der Waals surface area contributed by atoms with Gasteiger partial charge in [-0.2, -0.15) is 4.98 Å². The van der Waals surface area contributed by atoms with Crippen LogP contribution in [0.1, 0.15) is 42.1 Å². The Morgan fingerprint density at radius 1 is 1.27 bits per heavy atom. The lowest BCUT2D eigenvalue weighted by atomic mass is 10.0. The van der Waals surface area contributed by atoms with Crippen molar-refractivity contribution in [3.63, 3.8) is 0 Å². The molecule has 7 nitrogen and oxygen atoms in total. The van der Waals surface area contributed by atoms with Gasteiger partial charge in [0.15, 0.2) is 0 Å². The van der Waals surface area contributed by atoms with Crippen LogP contribution in [0.3, 0.4) is 0 Å². The molecule has 1 atom stereocenters. The summed E-state index contributed by atoms with van der Waals surface area (Å²) < 4.78 is 5.47. The number of ether oxygens (including phenoxy) is 1. The summed E-state index contributed by atoms with van der Waals surface area (Å²) in [6, 6.07) is 5.53. The van der Waals surface area contributed by atoms with Crippen molar-refractivity contribution in [3.05, 3.63) is 40.6 Å². The summed E-state index contributed by atoms with van der Waals surface area (Å²) in [6.45, 7) is 3.94. The maximum atomic E-state index is 9.60. The number of nitrogens with zero attached hydrogens (tertiary/aromatic N) is 2. The lowest BCUT2D eigenvalue weighted by Crippen LogP contribution is -2.25. The number of hydrogen-bond acceptors (Lipinski definition) is 7. The number of nitrogens with one attached hydrogen (secondary N) is 1. The first-order valence-corrected chi connectivity index (χ1v) is 8.79. The lowest BCUT2D eigenvalue weighted by molar-refractivity contribution is 0.268. The van der Waals surface area contributed by atoms with Gasteiger partial charge in [-0.05, 0) is 30.5 Å². The zero-order valence-electron chi connectivity index (χ0n) is 15.6. The fourth-order valence-electron chi connectivity index (χ4n) is 2.92. The van der Waals surface area contributed by atoms with Gasteiger partial charge in [-0.1, -0.05) is 25.5 Å². The van der Waals surface area contributed by atoms with Gasteiger partial charge in [0.2, 0.25) is 5.95 Å². The highest BCUT2D eigenvalue weighted by atomic mass is 16.5. The zero-order chi connectivity index (χ0) is 19.1. The third-order valence-electron chi connectivity index (χ3n) is 4.33. The van der Waals surface area contributed by atoms with Gasteiger partial charge in [0, 0.05) is 17.7 Å². The third-order valence-corrected chi connectivity index (χ3v) is 4.33. The minimum absolute atomic E-state index is 0.0186. The van der Waals surface area contributed by atoms with Crippen molar-refractivity contribution in [2.45, 2.75) is 45.8 Å². The summed E-state index contributed by atoms with van der Waals surface area (Å²) in [5.74, 6) is 1.53. The maximum absolute atomic E-state index is 9.60. The number of anilines is 2. The van der Waals surface area contributed by atoms with Crippen LogP contribution in [0.5, 0.6) is 5.75 Å². The van der Waals surface area contributed by atoms with E-state index in [2.05, 4.69) is 22.2 Å². The van der Waals surface area contributed by atoms with Gasteiger partial charge in [0.1, 0.15) is 11.6 Å². The van der Waals surface area contributed by atoms with Gasteiger partial charge in [-0.25, -0.2) is 4.98 Å². The fourth-order valence-corrected chi connectivity index (χ4v) is 2.92. The number of aliphatic hydroxyl groups excluding tert-OH is 2. The van der Waals surface area contributed by atoms with Gasteiger partial charge < -0.3 is 26.0 Å². The maximum Gasteiger partial charge on any atom is 0.222 e. The van der Waals surface area contributed by atoms with Crippen LogP contribution in [0, 0.1) is 6.92 Å². The molecule has 0 radical (unpaired) electrons. The van der Waals surface area contributed by atoms with Crippen LogP contribution < -0.4 is 15.8 Å². The van der Waals surface area contributed by atoms with Gasteiger partial charge in [0.05, 0.1) is 26.4 Å². The molecule has 0 bridgehead atoms. The van der Waals surface area contributed by atoms with Gasteiger partial charge >= 0.3 is 0 Å². The van der Waals surface area contributed by atoms with Crippen molar-refractivity contribution in [1.29, 1.82) is 0 Å². The van der Waals surface area contributed by atoms with Gasteiger partial charge in [-0.15, -0.1) is 0 Å². The SMILES string of the molecule is CCC[C@@H](CO)Nc1nc(N)nc(C)c1Cc1ccc(CO)cc1OC. The molecule has 2 aromatic rings. The number of aliphatic hydroxyl groups is 2. The molecule has 0 unspecified atom stereocenters. The van der Waals surface area contributed by atoms with Crippen LogP contribution in [0.15, 0.2) is 18.2 Å². The van der Waals surface area contributed by atoms with E-state index in [9.17, 15) is 10.2 Å². The quantitative estimate of drug-likeness (QED) is 0.541. The summed E-state index contributed by atoms with van der Waals surface area (Å²) in [5, 5.41) is 22.2. The van der Waals surface area contributed by atoms with Crippen LogP contribution >= 0.6 is 0 Å². The topological polar surface area (TPSA) is 114 Å². The average Bonchev–Trinajstić information content (AvgIpc) is 2.64. The second-order valence-corrected chi connectivity index (χ2v) is 6.29. The number of nitrogen functional groups attached to an aromatic ring is 1. The summed E-state index contributed by atoms with van der Waals surface area (Å²) in [4.78, 5) is 8.64. The molecule has 5 N–H and O–H groups in total. The van der Waals surface area contributed by atoms with E-state index in [1.165, 1.54) is 0 Å². The van der Waals surface area contributed by atoms with E-state index in [-0.39, 0.29) is 25.2 Å². The molecule has 26 heavy (non-hydrogen) atoms. The van der Waals surface area contributed by atoms with Crippen LogP contribution in [-0.4, -0.2) is 39.9 Å². The van der Waals surface area contributed by atoms with Crippen LogP contribution in [0.4, 0.5) is 11.8 Å². The third kappa shape index (κ3) is 4.83. The Hall–Kier alpha value is -2.38. The molecule has 0 saturated carbocycles. The molecule has 0 aliphatic heterocycles. The van der Waals surface area contributed by atoms with E-state index in [0.29, 0.717) is 18.0 Å². The molecule has 1 heterocycles. The molecule has 7 heteroatoms. The highest BCUT2D eigenvalue weighted by Crippen LogP contribution is 2.28. The number of aryl methyl sites for hydroxylation is 1. The Morgan fingerprint density at radius 3 is 2.65 bits per heavy atom. The Bertz CT molecular complexity index is 737. The first-order chi connectivity index (χ1) is 12.5. The van der Waals surface area contributed by atoms with Crippen LogP contribution in [0.2, 0.25) is 0 Å². The number of rotatable bonds is 9. The molecule has 1 aromatic carbocycles. The van der Waals surface area contributed by atoms with Crippen molar-refractivity contribution < 1.29 is 14.9 Å². The van der Waals surface area contributed by atoms with Crippen LogP contribution in [0.25, 0.3) is 0 Å². The lowest BCUT2D eigenvalue weighted by Gasteiger charge is -2.20. The molecule has 0 amide bonds. The Morgan fingerprint density at radius 2 is 2.04 bits per heavy atom. The first kappa shape index (κ1) is 19.9. The Labute approximate surface area is 154 Å². The van der Waals surface area contributed by atoms with E-state index in [0.717, 1.165) is 35.2 Å². The Kier molecular flexibility index (Phi) is 7.17. The minimum Gasteiger partial charge on any atom is -0.496 e. The normalized spacial score (nSPS) is 12.0. The fraction of sp³-hybridized carbons (Fsp3) is 0.474. The summed E-state index contributed by atoms with van der Waals surface area (Å²) in [6.07, 6.45) is 2.32. The van der Waals surface area contributed by atoms with Crippen molar-refractivity contribution in [3.8, 4) is 5.75 Å². The molecular weight excluding hydrogens is 332 g/mol.